The number of rotatable bonds is 8. The van der Waals surface area contributed by atoms with Crippen LogP contribution in [-0.4, -0.2) is 75.0 Å². The van der Waals surface area contributed by atoms with Gasteiger partial charge in [0.25, 0.3) is 0 Å². The quantitative estimate of drug-likeness (QED) is 0.327. The summed E-state index contributed by atoms with van der Waals surface area (Å²) >= 11 is 0. The van der Waals surface area contributed by atoms with E-state index in [2.05, 4.69) is 19.2 Å². The fourth-order valence-corrected chi connectivity index (χ4v) is 4.73. The first kappa shape index (κ1) is 27.1. The molecule has 0 aromatic heterocycles. The SMILES string of the molecule is CC(C)C1CCC(C(=O)N[C@H](Cc2ccccc2)C(=O)O[C@H]2O[C@H](C(=O)O)[C@H](O)[C@@H](O)[C@H]2O)CC1. The number of aliphatic carboxylic acids is 1. The number of nitrogens with one attached hydrogen (secondary N) is 1. The van der Waals surface area contributed by atoms with E-state index in [0.717, 1.165) is 31.2 Å². The van der Waals surface area contributed by atoms with Crippen molar-refractivity contribution in [2.24, 2.45) is 17.8 Å². The molecule has 2 fully saturated rings. The third-order valence-corrected chi connectivity index (χ3v) is 7.01. The van der Waals surface area contributed by atoms with Crippen LogP contribution in [0.25, 0.3) is 0 Å². The number of carbonyl (C=O) groups is 3. The maximum Gasteiger partial charge on any atom is 0.335 e. The van der Waals surface area contributed by atoms with Crippen molar-refractivity contribution in [2.45, 2.75) is 82.7 Å². The molecule has 1 heterocycles. The first-order chi connectivity index (χ1) is 16.6. The van der Waals surface area contributed by atoms with E-state index >= 15 is 0 Å². The second-order valence-electron chi connectivity index (χ2n) is 9.78. The van der Waals surface area contributed by atoms with E-state index < -0.39 is 48.7 Å². The molecule has 1 aromatic rings. The molecule has 1 amide bonds. The Labute approximate surface area is 204 Å². The predicted molar refractivity (Wildman–Crippen MR) is 123 cm³/mol. The van der Waals surface area contributed by atoms with Crippen molar-refractivity contribution in [3.05, 3.63) is 35.9 Å². The maximum atomic E-state index is 13.1. The summed E-state index contributed by atoms with van der Waals surface area (Å²) in [4.78, 5) is 37.4. The van der Waals surface area contributed by atoms with Gasteiger partial charge in [0.05, 0.1) is 0 Å². The van der Waals surface area contributed by atoms with Crippen LogP contribution in [0, 0.1) is 17.8 Å². The third-order valence-electron chi connectivity index (χ3n) is 7.01. The average Bonchev–Trinajstić information content (AvgIpc) is 2.84. The number of aliphatic hydroxyl groups is 3. The van der Waals surface area contributed by atoms with Gasteiger partial charge in [-0.1, -0.05) is 44.2 Å². The molecule has 35 heavy (non-hydrogen) atoms. The molecule has 194 valence electrons. The summed E-state index contributed by atoms with van der Waals surface area (Å²) in [5.41, 5.74) is 0.752. The van der Waals surface area contributed by atoms with E-state index in [1.165, 1.54) is 0 Å². The summed E-state index contributed by atoms with van der Waals surface area (Å²) in [6.45, 7) is 4.34. The van der Waals surface area contributed by atoms with Crippen molar-refractivity contribution in [3.63, 3.8) is 0 Å². The van der Waals surface area contributed by atoms with Gasteiger partial charge < -0.3 is 35.2 Å². The number of esters is 1. The molecule has 5 N–H and O–H groups in total. The van der Waals surface area contributed by atoms with Crippen LogP contribution in [0.15, 0.2) is 30.3 Å². The molecular formula is C25H35NO9. The fraction of sp³-hybridized carbons (Fsp3) is 0.640. The van der Waals surface area contributed by atoms with Crippen molar-refractivity contribution in [1.82, 2.24) is 5.32 Å². The zero-order valence-corrected chi connectivity index (χ0v) is 19.9. The Morgan fingerprint density at radius 2 is 1.63 bits per heavy atom. The van der Waals surface area contributed by atoms with Gasteiger partial charge in [0.1, 0.15) is 24.4 Å². The summed E-state index contributed by atoms with van der Waals surface area (Å²) in [7, 11) is 0. The van der Waals surface area contributed by atoms with Crippen LogP contribution in [0.3, 0.4) is 0 Å². The Bertz CT molecular complexity index is 869. The van der Waals surface area contributed by atoms with Crippen LogP contribution in [0.1, 0.15) is 45.1 Å². The van der Waals surface area contributed by atoms with E-state index in [4.69, 9.17) is 9.47 Å². The van der Waals surface area contributed by atoms with Crippen LogP contribution < -0.4 is 5.32 Å². The van der Waals surface area contributed by atoms with E-state index in [1.54, 1.807) is 24.3 Å². The molecule has 0 bridgehead atoms. The minimum Gasteiger partial charge on any atom is -0.479 e. The highest BCUT2D eigenvalue weighted by Crippen LogP contribution is 2.33. The lowest BCUT2D eigenvalue weighted by molar-refractivity contribution is -0.286. The molecule has 2 aliphatic rings. The van der Waals surface area contributed by atoms with Gasteiger partial charge in [0.2, 0.25) is 12.2 Å². The molecule has 1 aliphatic carbocycles. The number of carboxylic acid groups (broad SMARTS) is 1. The minimum atomic E-state index is -1.90. The maximum absolute atomic E-state index is 13.1. The van der Waals surface area contributed by atoms with Crippen molar-refractivity contribution in [2.75, 3.05) is 0 Å². The molecule has 10 nitrogen and oxygen atoms in total. The number of carbonyl (C=O) groups excluding carboxylic acids is 2. The molecule has 1 aromatic carbocycles. The fourth-order valence-electron chi connectivity index (χ4n) is 4.73. The van der Waals surface area contributed by atoms with Gasteiger partial charge >= 0.3 is 11.9 Å². The standard InChI is InChI=1S/C25H35NO9/c1-13(2)15-8-10-16(11-9-15)22(30)26-17(12-14-6-4-3-5-7-14)24(33)35-25-20(29)18(27)19(28)21(34-25)23(31)32/h3-7,13,15-21,25,27-29H,8-12H2,1-2H3,(H,26,30)(H,31,32)/t15?,16?,17-,18-,19-,20-,21+,25-/m1/s1. The minimum absolute atomic E-state index is 0.100. The largest absolute Gasteiger partial charge is 0.479 e. The van der Waals surface area contributed by atoms with Crippen LogP contribution in [0.5, 0.6) is 0 Å². The molecule has 0 unspecified atom stereocenters. The van der Waals surface area contributed by atoms with Gasteiger partial charge in [-0.3, -0.25) is 4.79 Å². The van der Waals surface area contributed by atoms with Crippen molar-refractivity contribution in [1.29, 1.82) is 0 Å². The first-order valence-electron chi connectivity index (χ1n) is 12.1. The normalized spacial score (nSPS) is 32.0. The second kappa shape index (κ2) is 11.9. The monoisotopic (exact) mass is 493 g/mol. The van der Waals surface area contributed by atoms with Crippen LogP contribution in [0.4, 0.5) is 0 Å². The number of amides is 1. The number of ether oxygens (including phenoxy) is 2. The molecular weight excluding hydrogens is 458 g/mol. The number of carboxylic acids is 1. The van der Waals surface area contributed by atoms with E-state index in [0.29, 0.717) is 11.8 Å². The smallest absolute Gasteiger partial charge is 0.335 e. The summed E-state index contributed by atoms with van der Waals surface area (Å²) in [5, 5.41) is 42.0. The van der Waals surface area contributed by atoms with Crippen LogP contribution in [-0.2, 0) is 30.3 Å². The lowest BCUT2D eigenvalue weighted by atomic mass is 9.76. The highest BCUT2D eigenvalue weighted by atomic mass is 16.7. The lowest BCUT2D eigenvalue weighted by Gasteiger charge is -2.38. The van der Waals surface area contributed by atoms with Crippen molar-refractivity contribution in [3.8, 4) is 0 Å². The zero-order valence-electron chi connectivity index (χ0n) is 19.9. The van der Waals surface area contributed by atoms with Crippen LogP contribution in [0.2, 0.25) is 0 Å². The molecule has 6 atom stereocenters. The number of aliphatic hydroxyl groups excluding tert-OH is 3. The van der Waals surface area contributed by atoms with Gasteiger partial charge in [-0.2, -0.15) is 0 Å². The van der Waals surface area contributed by atoms with Gasteiger partial charge in [-0.15, -0.1) is 0 Å². The highest BCUT2D eigenvalue weighted by Gasteiger charge is 2.49. The number of hydrogen-bond donors (Lipinski definition) is 5. The Kier molecular flexibility index (Phi) is 9.23. The summed E-state index contributed by atoms with van der Waals surface area (Å²) in [5.74, 6) is -1.93. The van der Waals surface area contributed by atoms with Crippen LogP contribution >= 0.6 is 0 Å². The first-order valence-corrected chi connectivity index (χ1v) is 12.1. The molecule has 1 aliphatic heterocycles. The molecule has 3 rings (SSSR count). The van der Waals surface area contributed by atoms with E-state index in [1.807, 2.05) is 6.07 Å². The Hall–Kier alpha value is -2.53. The van der Waals surface area contributed by atoms with Gasteiger partial charge in [0, 0.05) is 12.3 Å². The Morgan fingerprint density at radius 3 is 2.20 bits per heavy atom. The topological polar surface area (TPSA) is 163 Å². The molecule has 1 saturated carbocycles. The summed E-state index contributed by atoms with van der Waals surface area (Å²) in [6, 6.07) is 7.83. The predicted octanol–water partition coefficient (Wildman–Crippen LogP) is 0.612. The Morgan fingerprint density at radius 1 is 1.00 bits per heavy atom. The van der Waals surface area contributed by atoms with Gasteiger partial charge in [0.15, 0.2) is 6.10 Å². The zero-order chi connectivity index (χ0) is 25.7. The average molecular weight is 494 g/mol. The Balaban J connectivity index is 1.71. The third kappa shape index (κ3) is 6.78. The van der Waals surface area contributed by atoms with Gasteiger partial charge in [-0.25, -0.2) is 9.59 Å². The van der Waals surface area contributed by atoms with E-state index in [9.17, 15) is 34.8 Å². The lowest BCUT2D eigenvalue weighted by Crippen LogP contribution is -2.61. The molecule has 0 radical (unpaired) electrons. The van der Waals surface area contributed by atoms with E-state index in [-0.39, 0.29) is 18.2 Å². The van der Waals surface area contributed by atoms with Gasteiger partial charge in [-0.05, 0) is 43.1 Å². The van der Waals surface area contributed by atoms with Crippen molar-refractivity contribution < 1.29 is 44.3 Å². The van der Waals surface area contributed by atoms with Crippen molar-refractivity contribution >= 4 is 17.8 Å². The number of benzene rings is 1. The summed E-state index contributed by atoms with van der Waals surface area (Å²) in [6.07, 6.45) is -6.01. The highest BCUT2D eigenvalue weighted by molar-refractivity contribution is 5.86. The molecule has 1 saturated heterocycles. The summed E-state index contributed by atoms with van der Waals surface area (Å²) < 4.78 is 10.3. The molecule has 10 heteroatoms. The molecule has 0 spiro atoms. The second-order valence-corrected chi connectivity index (χ2v) is 9.78. The number of hydrogen-bond acceptors (Lipinski definition) is 8.